The molecule has 0 aromatic heterocycles. The summed E-state index contributed by atoms with van der Waals surface area (Å²) in [5.41, 5.74) is -1.97. The Bertz CT molecular complexity index is 864. The van der Waals surface area contributed by atoms with Crippen molar-refractivity contribution < 1.29 is 39.6 Å². The zero-order chi connectivity index (χ0) is 18.0. The van der Waals surface area contributed by atoms with Crippen LogP contribution in [-0.4, -0.2) is 44.3 Å². The summed E-state index contributed by atoms with van der Waals surface area (Å²) in [4.78, 5) is 44.9. The standard InChI is InChI=1S/C16H10O8/c17-13(18)8-3-1-7(2-4-8)9-5-6-10(14(19)20)12(16(23)24)11(9)15(21)22/h1-6H,(H,17,18)(H,19,20)(H,21,22)(H,23,24). The van der Waals surface area contributed by atoms with Crippen LogP contribution in [0, 0.1) is 0 Å². The quantitative estimate of drug-likeness (QED) is 0.651. The molecule has 4 N–H and O–H groups in total. The highest BCUT2D eigenvalue weighted by atomic mass is 16.4. The molecule has 2 rings (SSSR count). The summed E-state index contributed by atoms with van der Waals surface area (Å²) < 4.78 is 0. The zero-order valence-electron chi connectivity index (χ0n) is 11.9. The summed E-state index contributed by atoms with van der Waals surface area (Å²) >= 11 is 0. The van der Waals surface area contributed by atoms with Crippen molar-refractivity contribution in [3.05, 3.63) is 58.7 Å². The molecule has 24 heavy (non-hydrogen) atoms. The molecule has 0 amide bonds. The van der Waals surface area contributed by atoms with Gasteiger partial charge in [-0.05, 0) is 29.3 Å². The molecule has 0 spiro atoms. The molecule has 0 saturated carbocycles. The lowest BCUT2D eigenvalue weighted by molar-refractivity contribution is 0.0633. The normalized spacial score (nSPS) is 10.2. The molecule has 0 unspecified atom stereocenters. The molecule has 0 bridgehead atoms. The van der Waals surface area contributed by atoms with Crippen LogP contribution < -0.4 is 0 Å². The van der Waals surface area contributed by atoms with Crippen molar-refractivity contribution in [1.82, 2.24) is 0 Å². The van der Waals surface area contributed by atoms with Crippen molar-refractivity contribution in [3.8, 4) is 11.1 Å². The fraction of sp³-hybridized carbons (Fsp3) is 0. The van der Waals surface area contributed by atoms with E-state index in [9.17, 15) is 29.4 Å². The largest absolute Gasteiger partial charge is 0.478 e. The van der Waals surface area contributed by atoms with Gasteiger partial charge in [0.15, 0.2) is 0 Å². The number of hydrogen-bond acceptors (Lipinski definition) is 4. The van der Waals surface area contributed by atoms with Gasteiger partial charge in [-0.15, -0.1) is 0 Å². The van der Waals surface area contributed by atoms with E-state index < -0.39 is 40.6 Å². The molecular weight excluding hydrogens is 320 g/mol. The molecule has 8 nitrogen and oxygen atoms in total. The van der Waals surface area contributed by atoms with E-state index in [0.29, 0.717) is 0 Å². The maximum Gasteiger partial charge on any atom is 0.337 e. The van der Waals surface area contributed by atoms with Gasteiger partial charge in [-0.3, -0.25) is 0 Å². The maximum absolute atomic E-state index is 11.5. The molecule has 0 heterocycles. The second-order valence-corrected chi connectivity index (χ2v) is 4.71. The first-order chi connectivity index (χ1) is 11.2. The van der Waals surface area contributed by atoms with Gasteiger partial charge in [0, 0.05) is 0 Å². The fourth-order valence-corrected chi connectivity index (χ4v) is 2.26. The summed E-state index contributed by atoms with van der Waals surface area (Å²) in [6.07, 6.45) is 0. The summed E-state index contributed by atoms with van der Waals surface area (Å²) in [6.45, 7) is 0. The number of aromatic carboxylic acids is 4. The SMILES string of the molecule is O=C(O)c1ccc(-c2ccc(C(=O)O)c(C(=O)O)c2C(=O)O)cc1. The Kier molecular flexibility index (Phi) is 4.32. The van der Waals surface area contributed by atoms with Gasteiger partial charge in [0.05, 0.1) is 22.3 Å². The van der Waals surface area contributed by atoms with Crippen LogP contribution in [0.25, 0.3) is 11.1 Å². The number of rotatable bonds is 5. The van der Waals surface area contributed by atoms with E-state index >= 15 is 0 Å². The summed E-state index contributed by atoms with van der Waals surface area (Å²) in [5, 5.41) is 36.5. The topological polar surface area (TPSA) is 149 Å². The average Bonchev–Trinajstić information content (AvgIpc) is 2.53. The molecule has 0 atom stereocenters. The van der Waals surface area contributed by atoms with Gasteiger partial charge < -0.3 is 20.4 Å². The maximum atomic E-state index is 11.5. The van der Waals surface area contributed by atoms with Crippen molar-refractivity contribution in [2.75, 3.05) is 0 Å². The van der Waals surface area contributed by atoms with E-state index in [4.69, 9.17) is 10.2 Å². The van der Waals surface area contributed by atoms with Gasteiger partial charge in [-0.1, -0.05) is 18.2 Å². The van der Waals surface area contributed by atoms with Crippen LogP contribution in [0.15, 0.2) is 36.4 Å². The van der Waals surface area contributed by atoms with Gasteiger partial charge in [0.25, 0.3) is 0 Å². The van der Waals surface area contributed by atoms with Gasteiger partial charge in [0.2, 0.25) is 0 Å². The average molecular weight is 330 g/mol. The third-order valence-electron chi connectivity index (χ3n) is 3.31. The van der Waals surface area contributed by atoms with Crippen LogP contribution in [0.3, 0.4) is 0 Å². The van der Waals surface area contributed by atoms with Crippen molar-refractivity contribution >= 4 is 23.9 Å². The summed E-state index contributed by atoms with van der Waals surface area (Å²) in [6, 6.07) is 7.27. The van der Waals surface area contributed by atoms with Gasteiger partial charge >= 0.3 is 23.9 Å². The molecule has 0 aliphatic heterocycles. The van der Waals surface area contributed by atoms with Gasteiger partial charge in [-0.2, -0.15) is 0 Å². The number of hydrogen-bond donors (Lipinski definition) is 4. The van der Waals surface area contributed by atoms with E-state index in [-0.39, 0.29) is 16.7 Å². The zero-order valence-corrected chi connectivity index (χ0v) is 11.9. The predicted molar refractivity (Wildman–Crippen MR) is 79.7 cm³/mol. The van der Waals surface area contributed by atoms with Crippen molar-refractivity contribution in [2.45, 2.75) is 0 Å². The van der Waals surface area contributed by atoms with E-state index in [0.717, 1.165) is 6.07 Å². The molecule has 0 fully saturated rings. The Hall–Kier alpha value is -3.68. The number of carbonyl (C=O) groups is 4. The van der Waals surface area contributed by atoms with Crippen LogP contribution in [-0.2, 0) is 0 Å². The van der Waals surface area contributed by atoms with E-state index in [1.54, 1.807) is 0 Å². The summed E-state index contributed by atoms with van der Waals surface area (Å²) in [5.74, 6) is -6.03. The van der Waals surface area contributed by atoms with Gasteiger partial charge in [0.1, 0.15) is 0 Å². The molecular formula is C16H10O8. The Labute approximate surface area is 134 Å². The Balaban J connectivity index is 2.77. The third kappa shape index (κ3) is 2.93. The minimum atomic E-state index is -1.69. The first-order valence-electron chi connectivity index (χ1n) is 6.44. The summed E-state index contributed by atoms with van der Waals surface area (Å²) in [7, 11) is 0. The molecule has 0 aliphatic carbocycles. The molecule has 0 saturated heterocycles. The Morgan fingerprint density at radius 2 is 1.12 bits per heavy atom. The minimum Gasteiger partial charge on any atom is -0.478 e. The van der Waals surface area contributed by atoms with Crippen LogP contribution in [0.5, 0.6) is 0 Å². The molecule has 0 radical (unpaired) electrons. The molecule has 8 heteroatoms. The second-order valence-electron chi connectivity index (χ2n) is 4.71. The van der Waals surface area contributed by atoms with Crippen molar-refractivity contribution in [3.63, 3.8) is 0 Å². The minimum absolute atomic E-state index is 0.0261. The van der Waals surface area contributed by atoms with E-state index in [1.807, 2.05) is 0 Å². The lowest BCUT2D eigenvalue weighted by Crippen LogP contribution is -2.16. The first-order valence-corrected chi connectivity index (χ1v) is 6.44. The lowest BCUT2D eigenvalue weighted by Gasteiger charge is -2.12. The fourth-order valence-electron chi connectivity index (χ4n) is 2.26. The number of carboxylic acid groups (broad SMARTS) is 4. The van der Waals surface area contributed by atoms with Crippen LogP contribution in [0.4, 0.5) is 0 Å². The number of carboxylic acids is 4. The van der Waals surface area contributed by atoms with Crippen molar-refractivity contribution in [1.29, 1.82) is 0 Å². The Morgan fingerprint density at radius 1 is 0.583 bits per heavy atom. The molecule has 2 aromatic rings. The van der Waals surface area contributed by atoms with Crippen LogP contribution in [0.2, 0.25) is 0 Å². The molecule has 122 valence electrons. The highest BCUT2D eigenvalue weighted by Crippen LogP contribution is 2.29. The lowest BCUT2D eigenvalue weighted by atomic mass is 9.91. The van der Waals surface area contributed by atoms with Gasteiger partial charge in [-0.25, -0.2) is 19.2 Å². The monoisotopic (exact) mass is 330 g/mol. The third-order valence-corrected chi connectivity index (χ3v) is 3.31. The smallest absolute Gasteiger partial charge is 0.337 e. The molecule has 0 aliphatic rings. The van der Waals surface area contributed by atoms with Crippen molar-refractivity contribution in [2.24, 2.45) is 0 Å². The Morgan fingerprint density at radius 3 is 1.54 bits per heavy atom. The highest BCUT2D eigenvalue weighted by molar-refractivity contribution is 6.12. The predicted octanol–water partition coefficient (Wildman–Crippen LogP) is 2.15. The second kappa shape index (κ2) is 6.21. The van der Waals surface area contributed by atoms with E-state index in [1.165, 1.54) is 30.3 Å². The molecule has 2 aromatic carbocycles. The first kappa shape index (κ1) is 16.7. The highest BCUT2D eigenvalue weighted by Gasteiger charge is 2.27. The van der Waals surface area contributed by atoms with Crippen LogP contribution in [0.1, 0.15) is 41.4 Å². The number of benzene rings is 2. The van der Waals surface area contributed by atoms with E-state index in [2.05, 4.69) is 0 Å². The van der Waals surface area contributed by atoms with Crippen LogP contribution >= 0.6 is 0 Å².